The van der Waals surface area contributed by atoms with Crippen LogP contribution in [0.3, 0.4) is 0 Å². The van der Waals surface area contributed by atoms with Crippen molar-refractivity contribution in [3.63, 3.8) is 0 Å². The summed E-state index contributed by atoms with van der Waals surface area (Å²) in [5.41, 5.74) is 3.26. The third-order valence-corrected chi connectivity index (χ3v) is 6.30. The number of hydrogen-bond acceptors (Lipinski definition) is 7. The van der Waals surface area contributed by atoms with Gasteiger partial charge in [0.1, 0.15) is 23.2 Å². The highest BCUT2D eigenvalue weighted by atomic mass is 32.2. The zero-order chi connectivity index (χ0) is 24.2. The quantitative estimate of drug-likeness (QED) is 0.182. The summed E-state index contributed by atoms with van der Waals surface area (Å²) < 4.78 is 7.44. The van der Waals surface area contributed by atoms with Gasteiger partial charge < -0.3 is 14.8 Å². The zero-order valence-electron chi connectivity index (χ0n) is 18.7. The number of para-hydroxylation sites is 4. The molecule has 172 valence electrons. The molecule has 0 spiro atoms. The van der Waals surface area contributed by atoms with E-state index in [1.807, 2.05) is 83.4 Å². The number of nitrogens with zero attached hydrogens (tertiary/aromatic N) is 5. The number of imidazole rings is 1. The maximum atomic E-state index is 10.8. The molecule has 0 fully saturated rings. The molecule has 5 aromatic rings. The second kappa shape index (κ2) is 9.75. The van der Waals surface area contributed by atoms with Crippen LogP contribution in [-0.4, -0.2) is 42.7 Å². The van der Waals surface area contributed by atoms with Crippen LogP contribution in [0.5, 0.6) is 5.75 Å². The van der Waals surface area contributed by atoms with Crippen molar-refractivity contribution >= 4 is 28.4 Å². The molecule has 0 aliphatic rings. The molecule has 0 radical (unpaired) electrons. The van der Waals surface area contributed by atoms with E-state index < -0.39 is 0 Å². The third kappa shape index (κ3) is 4.35. The van der Waals surface area contributed by atoms with Crippen molar-refractivity contribution in [1.29, 1.82) is 5.26 Å². The van der Waals surface area contributed by atoms with E-state index in [1.54, 1.807) is 7.11 Å². The molecule has 0 amide bonds. The topological polar surface area (TPSA) is 113 Å². The summed E-state index contributed by atoms with van der Waals surface area (Å²) in [5, 5.41) is 29.9. The molecule has 0 aliphatic heterocycles. The van der Waals surface area contributed by atoms with E-state index >= 15 is 0 Å². The molecule has 8 nitrogen and oxygen atoms in total. The number of aliphatic hydroxyl groups excluding tert-OH is 1. The molecule has 35 heavy (non-hydrogen) atoms. The zero-order valence-corrected chi connectivity index (χ0v) is 19.5. The van der Waals surface area contributed by atoms with Gasteiger partial charge in [0, 0.05) is 5.69 Å². The molecular formula is C26H20N6O2S. The Bertz CT molecular complexity index is 1530. The number of aromatic nitrogens is 5. The summed E-state index contributed by atoms with van der Waals surface area (Å²) in [6.45, 7) is 0. The third-order valence-electron chi connectivity index (χ3n) is 5.36. The van der Waals surface area contributed by atoms with Gasteiger partial charge >= 0.3 is 0 Å². The number of allylic oxidation sites excluding steroid dienone is 1. The van der Waals surface area contributed by atoms with Gasteiger partial charge in [-0.1, -0.05) is 54.2 Å². The van der Waals surface area contributed by atoms with Crippen molar-refractivity contribution in [2.24, 2.45) is 0 Å². The number of aliphatic hydroxyl groups is 1. The fourth-order valence-electron chi connectivity index (χ4n) is 3.71. The second-order valence-corrected chi connectivity index (χ2v) is 8.44. The Kier molecular flexibility index (Phi) is 6.20. The minimum absolute atomic E-state index is 0.0874. The molecule has 0 unspecified atom stereocenters. The summed E-state index contributed by atoms with van der Waals surface area (Å²) in [5.74, 6) is 1.62. The predicted molar refractivity (Wildman–Crippen MR) is 135 cm³/mol. The number of fused-ring (bicyclic) bond motifs is 1. The van der Waals surface area contributed by atoms with Crippen molar-refractivity contribution in [1.82, 2.24) is 24.7 Å². The van der Waals surface area contributed by atoms with Gasteiger partial charge in [0.2, 0.25) is 0 Å². The van der Waals surface area contributed by atoms with Crippen molar-refractivity contribution in [2.75, 3.05) is 12.9 Å². The Hall–Kier alpha value is -4.55. The van der Waals surface area contributed by atoms with Gasteiger partial charge in [-0.2, -0.15) is 5.26 Å². The van der Waals surface area contributed by atoms with Crippen LogP contribution in [-0.2, 0) is 0 Å². The predicted octanol–water partition coefficient (Wildman–Crippen LogP) is 5.40. The second-order valence-electron chi connectivity index (χ2n) is 7.50. The molecule has 0 saturated heterocycles. The van der Waals surface area contributed by atoms with Crippen LogP contribution in [0.4, 0.5) is 0 Å². The minimum atomic E-state index is -0.0991. The average molecular weight is 481 g/mol. The van der Waals surface area contributed by atoms with Gasteiger partial charge in [-0.05, 0) is 36.4 Å². The lowest BCUT2D eigenvalue weighted by molar-refractivity contribution is 0.416. The number of ether oxygens (including phenoxy) is 1. The smallest absolute Gasteiger partial charge is 0.196 e. The lowest BCUT2D eigenvalue weighted by Gasteiger charge is -2.12. The number of nitriles is 1. The van der Waals surface area contributed by atoms with Gasteiger partial charge in [-0.15, -0.1) is 10.2 Å². The highest BCUT2D eigenvalue weighted by Crippen LogP contribution is 2.34. The van der Waals surface area contributed by atoms with E-state index in [4.69, 9.17) is 4.74 Å². The summed E-state index contributed by atoms with van der Waals surface area (Å²) in [6, 6.07) is 26.8. The van der Waals surface area contributed by atoms with E-state index in [-0.39, 0.29) is 17.1 Å². The first-order chi connectivity index (χ1) is 17.2. The van der Waals surface area contributed by atoms with Crippen molar-refractivity contribution in [3.05, 3.63) is 90.4 Å². The average Bonchev–Trinajstić information content (AvgIpc) is 3.52. The summed E-state index contributed by atoms with van der Waals surface area (Å²) in [6.07, 6.45) is 0. The highest BCUT2D eigenvalue weighted by Gasteiger charge is 2.20. The Morgan fingerprint density at radius 1 is 1.03 bits per heavy atom. The number of thioether (sulfide) groups is 1. The monoisotopic (exact) mass is 480 g/mol. The SMILES string of the molecule is COc1ccccc1-c1nnc(SCC(O)=C(C#N)c2nc3ccccc3[nH]2)n1-c1ccccc1. The van der Waals surface area contributed by atoms with Crippen LogP contribution in [0.25, 0.3) is 33.7 Å². The van der Waals surface area contributed by atoms with Crippen LogP contribution in [0.15, 0.2) is 89.8 Å². The summed E-state index contributed by atoms with van der Waals surface area (Å²) in [4.78, 5) is 7.53. The maximum absolute atomic E-state index is 10.8. The molecule has 5 rings (SSSR count). The molecular weight excluding hydrogens is 460 g/mol. The lowest BCUT2D eigenvalue weighted by Crippen LogP contribution is -2.02. The van der Waals surface area contributed by atoms with E-state index in [9.17, 15) is 10.4 Å². The van der Waals surface area contributed by atoms with Crippen molar-refractivity contribution in [2.45, 2.75) is 5.16 Å². The van der Waals surface area contributed by atoms with Crippen LogP contribution in [0, 0.1) is 11.3 Å². The Labute approximate surface area is 205 Å². The highest BCUT2D eigenvalue weighted by molar-refractivity contribution is 7.99. The van der Waals surface area contributed by atoms with Gasteiger partial charge in [-0.3, -0.25) is 4.57 Å². The molecule has 0 bridgehead atoms. The summed E-state index contributed by atoms with van der Waals surface area (Å²) >= 11 is 1.27. The number of aromatic amines is 1. The number of nitrogens with one attached hydrogen (secondary N) is 1. The molecule has 2 aromatic heterocycles. The molecule has 0 saturated carbocycles. The fourth-order valence-corrected chi connectivity index (χ4v) is 4.54. The molecule has 3 aromatic carbocycles. The van der Waals surface area contributed by atoms with Crippen molar-refractivity contribution < 1.29 is 9.84 Å². The van der Waals surface area contributed by atoms with Gasteiger partial charge in [-0.25, -0.2) is 4.98 Å². The normalized spacial score (nSPS) is 11.8. The molecule has 2 N–H and O–H groups in total. The minimum Gasteiger partial charge on any atom is -0.510 e. The Morgan fingerprint density at radius 3 is 2.54 bits per heavy atom. The molecule has 0 atom stereocenters. The number of methoxy groups -OCH3 is 1. The van der Waals surface area contributed by atoms with Crippen molar-refractivity contribution in [3.8, 4) is 28.9 Å². The van der Waals surface area contributed by atoms with E-state index in [1.165, 1.54) is 11.8 Å². The van der Waals surface area contributed by atoms with Crippen LogP contribution >= 0.6 is 11.8 Å². The van der Waals surface area contributed by atoms with Crippen LogP contribution in [0.2, 0.25) is 0 Å². The first kappa shape index (κ1) is 22.3. The first-order valence-corrected chi connectivity index (χ1v) is 11.7. The number of benzene rings is 3. The van der Waals surface area contributed by atoms with Gasteiger partial charge in [0.15, 0.2) is 16.8 Å². The van der Waals surface area contributed by atoms with E-state index in [0.29, 0.717) is 22.6 Å². The largest absolute Gasteiger partial charge is 0.510 e. The Balaban J connectivity index is 1.52. The number of hydrogen-bond donors (Lipinski definition) is 2. The van der Waals surface area contributed by atoms with E-state index in [0.717, 1.165) is 22.3 Å². The van der Waals surface area contributed by atoms with Crippen LogP contribution < -0.4 is 4.74 Å². The standard InChI is InChI=1S/C26H20N6O2S/c1-34-23-14-8-5-11-18(23)25-30-31-26(32(25)17-9-3-2-4-10-17)35-16-22(33)19(15-27)24-28-20-12-6-7-13-21(20)29-24/h2-14,33H,16H2,1H3,(H,28,29). The number of rotatable bonds is 7. The Morgan fingerprint density at radius 2 is 1.77 bits per heavy atom. The summed E-state index contributed by atoms with van der Waals surface area (Å²) in [7, 11) is 1.61. The molecule has 0 aliphatic carbocycles. The van der Waals surface area contributed by atoms with Gasteiger partial charge in [0.05, 0.1) is 29.5 Å². The number of H-pyrrole nitrogens is 1. The van der Waals surface area contributed by atoms with E-state index in [2.05, 4.69) is 26.2 Å². The molecule has 2 heterocycles. The fraction of sp³-hybridized carbons (Fsp3) is 0.0769. The lowest BCUT2D eigenvalue weighted by atomic mass is 10.2. The maximum Gasteiger partial charge on any atom is 0.196 e. The van der Waals surface area contributed by atoms with Gasteiger partial charge in [0.25, 0.3) is 0 Å². The van der Waals surface area contributed by atoms with Crippen LogP contribution in [0.1, 0.15) is 5.82 Å². The molecule has 9 heteroatoms. The first-order valence-electron chi connectivity index (χ1n) is 10.7.